The number of benzene rings is 1. The molecule has 0 unspecified atom stereocenters. The van der Waals surface area contributed by atoms with Crippen LogP contribution in [-0.4, -0.2) is 59.4 Å². The number of hydrogen-bond donors (Lipinski definition) is 0. The van der Waals surface area contributed by atoms with E-state index in [4.69, 9.17) is 9.72 Å². The molecule has 0 aliphatic rings. The van der Waals surface area contributed by atoms with Crippen molar-refractivity contribution in [1.29, 1.82) is 0 Å². The number of fused-ring (bicyclic) bond motifs is 1. The molecule has 0 fully saturated rings. The zero-order valence-electron chi connectivity index (χ0n) is 16.4. The summed E-state index contributed by atoms with van der Waals surface area (Å²) in [6.45, 7) is 5.70. The van der Waals surface area contributed by atoms with Gasteiger partial charge in [0.2, 0.25) is 0 Å². The third-order valence-electron chi connectivity index (χ3n) is 4.24. The molecule has 1 aromatic carbocycles. The van der Waals surface area contributed by atoms with Crippen LogP contribution in [0.25, 0.3) is 10.2 Å². The number of aryl methyl sites for hydroxylation is 2. The number of anilines is 1. The van der Waals surface area contributed by atoms with Gasteiger partial charge in [0, 0.05) is 20.1 Å². The van der Waals surface area contributed by atoms with Crippen molar-refractivity contribution in [3.05, 3.63) is 35.7 Å². The number of likely N-dealkylation sites (N-methyl/N-ethyl adjacent to an activating group) is 1. The van der Waals surface area contributed by atoms with Crippen LogP contribution >= 0.6 is 11.3 Å². The first-order valence-electron chi connectivity index (χ1n) is 8.90. The fraction of sp³-hybridized carbons (Fsp3) is 0.421. The van der Waals surface area contributed by atoms with Crippen molar-refractivity contribution in [1.82, 2.24) is 19.7 Å². The summed E-state index contributed by atoms with van der Waals surface area (Å²) in [4.78, 5) is 21.9. The van der Waals surface area contributed by atoms with Crippen molar-refractivity contribution in [3.63, 3.8) is 0 Å². The molecule has 0 saturated carbocycles. The van der Waals surface area contributed by atoms with E-state index in [1.54, 1.807) is 22.8 Å². The van der Waals surface area contributed by atoms with Crippen LogP contribution in [0.5, 0.6) is 5.75 Å². The number of aromatic nitrogens is 3. The van der Waals surface area contributed by atoms with Gasteiger partial charge in [-0.15, -0.1) is 0 Å². The normalized spacial score (nSPS) is 11.3. The Morgan fingerprint density at radius 3 is 2.70 bits per heavy atom. The number of thiazole rings is 1. The number of carbonyl (C=O) groups excluding carboxylic acids is 1. The minimum absolute atomic E-state index is 0.0913. The number of hydrogen-bond acceptors (Lipinski definition) is 6. The van der Waals surface area contributed by atoms with Gasteiger partial charge in [-0.2, -0.15) is 5.10 Å². The van der Waals surface area contributed by atoms with Crippen molar-refractivity contribution < 1.29 is 9.53 Å². The second kappa shape index (κ2) is 8.06. The lowest BCUT2D eigenvalue weighted by atomic mass is 10.2. The first-order chi connectivity index (χ1) is 12.9. The molecule has 0 N–H and O–H groups in total. The summed E-state index contributed by atoms with van der Waals surface area (Å²) < 4.78 is 8.32. The summed E-state index contributed by atoms with van der Waals surface area (Å²) in [5.74, 6) is 0.653. The Bertz CT molecular complexity index is 927. The highest BCUT2D eigenvalue weighted by atomic mass is 32.1. The molecule has 3 aromatic rings. The van der Waals surface area contributed by atoms with E-state index in [0.29, 0.717) is 24.0 Å². The summed E-state index contributed by atoms with van der Waals surface area (Å²) in [6.07, 6.45) is 1.71. The van der Waals surface area contributed by atoms with Crippen LogP contribution in [0.4, 0.5) is 5.13 Å². The molecule has 0 spiro atoms. The molecule has 0 atom stereocenters. The van der Waals surface area contributed by atoms with E-state index in [-0.39, 0.29) is 5.91 Å². The molecule has 0 saturated heterocycles. The zero-order chi connectivity index (χ0) is 19.6. The third-order valence-corrected chi connectivity index (χ3v) is 5.29. The number of ether oxygens (including phenoxy) is 1. The number of carbonyl (C=O) groups is 1. The van der Waals surface area contributed by atoms with Gasteiger partial charge in [0.15, 0.2) is 5.13 Å². The molecule has 27 heavy (non-hydrogen) atoms. The topological polar surface area (TPSA) is 63.5 Å². The van der Waals surface area contributed by atoms with Gasteiger partial charge in [-0.25, -0.2) is 4.98 Å². The molecule has 3 rings (SSSR count). The molecule has 0 bridgehead atoms. The van der Waals surface area contributed by atoms with E-state index < -0.39 is 0 Å². The Morgan fingerprint density at radius 2 is 2.07 bits per heavy atom. The Kier molecular flexibility index (Phi) is 5.76. The fourth-order valence-corrected chi connectivity index (χ4v) is 3.87. The maximum Gasteiger partial charge on any atom is 0.278 e. The highest BCUT2D eigenvalue weighted by Crippen LogP contribution is 2.34. The van der Waals surface area contributed by atoms with Crippen molar-refractivity contribution in [3.8, 4) is 5.75 Å². The van der Waals surface area contributed by atoms with E-state index in [1.165, 1.54) is 11.3 Å². The van der Waals surface area contributed by atoms with Gasteiger partial charge >= 0.3 is 0 Å². The maximum atomic E-state index is 13.3. The standard InChI is InChI=1S/C19H25N5O2S/c1-6-26-14-8-7-9-15-16(14)21-19(27-15)24(11-10-22(3)4)18(25)17-13(2)12-20-23(17)5/h7-9,12H,6,10-11H2,1-5H3. The second-order valence-electron chi connectivity index (χ2n) is 6.59. The van der Waals surface area contributed by atoms with Crippen LogP contribution in [0.1, 0.15) is 23.0 Å². The van der Waals surface area contributed by atoms with Crippen molar-refractivity contribution in [2.45, 2.75) is 13.8 Å². The monoisotopic (exact) mass is 387 g/mol. The molecule has 2 aromatic heterocycles. The molecule has 8 heteroatoms. The van der Waals surface area contributed by atoms with Crippen LogP contribution in [-0.2, 0) is 7.05 Å². The summed E-state index contributed by atoms with van der Waals surface area (Å²) >= 11 is 1.50. The van der Waals surface area contributed by atoms with Crippen LogP contribution < -0.4 is 9.64 Å². The lowest BCUT2D eigenvalue weighted by Crippen LogP contribution is -2.38. The van der Waals surface area contributed by atoms with Gasteiger partial charge in [0.1, 0.15) is 17.0 Å². The Hall–Kier alpha value is -2.45. The molecule has 7 nitrogen and oxygen atoms in total. The van der Waals surface area contributed by atoms with Crippen LogP contribution in [0.2, 0.25) is 0 Å². The van der Waals surface area contributed by atoms with Gasteiger partial charge < -0.3 is 9.64 Å². The van der Waals surface area contributed by atoms with E-state index in [1.807, 2.05) is 46.1 Å². The third kappa shape index (κ3) is 3.96. The van der Waals surface area contributed by atoms with Crippen molar-refractivity contribution >= 4 is 32.6 Å². The fourth-order valence-electron chi connectivity index (χ4n) is 2.87. The van der Waals surface area contributed by atoms with E-state index in [9.17, 15) is 4.79 Å². The molecule has 2 heterocycles. The summed E-state index contributed by atoms with van der Waals surface area (Å²) in [7, 11) is 5.77. The quantitative estimate of drug-likeness (QED) is 0.624. The number of amides is 1. The zero-order valence-corrected chi connectivity index (χ0v) is 17.2. The smallest absolute Gasteiger partial charge is 0.278 e. The molecule has 0 aliphatic carbocycles. The number of nitrogens with zero attached hydrogens (tertiary/aromatic N) is 5. The van der Waals surface area contributed by atoms with E-state index in [0.717, 1.165) is 28.1 Å². The molecule has 0 radical (unpaired) electrons. The minimum atomic E-state index is -0.0913. The van der Waals surface area contributed by atoms with Crippen molar-refractivity contribution in [2.75, 3.05) is 38.7 Å². The average Bonchev–Trinajstić information content (AvgIpc) is 3.19. The SMILES string of the molecule is CCOc1cccc2sc(N(CCN(C)C)C(=O)c3c(C)cnn3C)nc12. The molecular formula is C19H25N5O2S. The maximum absolute atomic E-state index is 13.3. The Morgan fingerprint density at radius 1 is 1.30 bits per heavy atom. The van der Waals surface area contributed by atoms with Crippen LogP contribution in [0.15, 0.2) is 24.4 Å². The average molecular weight is 388 g/mol. The van der Waals surface area contributed by atoms with E-state index >= 15 is 0 Å². The summed E-state index contributed by atoms with van der Waals surface area (Å²) in [6, 6.07) is 5.86. The molecule has 1 amide bonds. The molecular weight excluding hydrogens is 362 g/mol. The van der Waals surface area contributed by atoms with Gasteiger partial charge in [-0.05, 0) is 45.6 Å². The second-order valence-corrected chi connectivity index (χ2v) is 7.60. The van der Waals surface area contributed by atoms with Gasteiger partial charge in [-0.3, -0.25) is 14.4 Å². The molecule has 144 valence electrons. The minimum Gasteiger partial charge on any atom is -0.492 e. The van der Waals surface area contributed by atoms with E-state index in [2.05, 4.69) is 10.00 Å². The largest absolute Gasteiger partial charge is 0.492 e. The van der Waals surface area contributed by atoms with Gasteiger partial charge in [0.05, 0.1) is 17.5 Å². The Balaban J connectivity index is 2.04. The molecule has 0 aliphatic heterocycles. The highest BCUT2D eigenvalue weighted by molar-refractivity contribution is 7.22. The van der Waals surface area contributed by atoms with Crippen molar-refractivity contribution in [2.24, 2.45) is 7.05 Å². The number of para-hydroxylation sites is 1. The van der Waals surface area contributed by atoms with Gasteiger partial charge in [0.25, 0.3) is 5.91 Å². The first kappa shape index (κ1) is 19.3. The Labute approximate surface area is 163 Å². The predicted molar refractivity (Wildman–Crippen MR) is 109 cm³/mol. The summed E-state index contributed by atoms with van der Waals surface area (Å²) in [5.41, 5.74) is 2.23. The summed E-state index contributed by atoms with van der Waals surface area (Å²) in [5, 5.41) is 4.88. The highest BCUT2D eigenvalue weighted by Gasteiger charge is 2.25. The number of rotatable bonds is 7. The first-order valence-corrected chi connectivity index (χ1v) is 9.71. The van der Waals surface area contributed by atoms with Gasteiger partial charge in [-0.1, -0.05) is 17.4 Å². The lowest BCUT2D eigenvalue weighted by Gasteiger charge is -2.22. The van der Waals surface area contributed by atoms with Crippen LogP contribution in [0.3, 0.4) is 0 Å². The van der Waals surface area contributed by atoms with Crippen LogP contribution in [0, 0.1) is 6.92 Å². The lowest BCUT2D eigenvalue weighted by molar-refractivity contribution is 0.0975. The predicted octanol–water partition coefficient (Wildman–Crippen LogP) is 2.95.